The smallest absolute Gasteiger partial charge is 0.0705 e. The molecule has 0 spiro atoms. The van der Waals surface area contributed by atoms with E-state index in [1.165, 1.54) is 11.3 Å². The molecule has 0 saturated heterocycles. The lowest BCUT2D eigenvalue weighted by Crippen LogP contribution is -2.22. The second kappa shape index (κ2) is 6.17. The van der Waals surface area contributed by atoms with Crippen molar-refractivity contribution in [1.29, 1.82) is 0 Å². The molecule has 0 amide bonds. The van der Waals surface area contributed by atoms with Gasteiger partial charge in [-0.25, -0.2) is 0 Å². The Morgan fingerprint density at radius 2 is 1.94 bits per heavy atom. The summed E-state index contributed by atoms with van der Waals surface area (Å²) >= 11 is 0. The average Bonchev–Trinajstić information content (AvgIpc) is 2.53. The topological polar surface area (TPSA) is 39.1 Å². The van der Waals surface area contributed by atoms with Crippen LogP contribution in [0, 0.1) is 19.8 Å². The quantitative estimate of drug-likeness (QED) is 0.776. The van der Waals surface area contributed by atoms with Gasteiger partial charge in [0.15, 0.2) is 0 Å². The zero-order valence-electron chi connectivity index (χ0n) is 11.9. The normalized spacial score (nSPS) is 13.4. The molecule has 4 nitrogen and oxygen atoms in total. The van der Waals surface area contributed by atoms with E-state index in [1.54, 1.807) is 0 Å². The largest absolute Gasteiger partial charge is 0.301 e. The van der Waals surface area contributed by atoms with Crippen LogP contribution in [-0.2, 0) is 11.4 Å². The number of rotatable bonds is 6. The number of nitrogens with one attached hydrogen (secondary N) is 1. The van der Waals surface area contributed by atoms with Gasteiger partial charge in [0, 0.05) is 17.8 Å². The SMILES string of the molecule is CCn1nc(C)c(C(C)NOCC(C)C)c1C. The van der Waals surface area contributed by atoms with E-state index in [9.17, 15) is 0 Å². The van der Waals surface area contributed by atoms with E-state index in [1.807, 2.05) is 4.68 Å². The first-order chi connectivity index (χ1) is 7.97. The predicted octanol–water partition coefficient (Wildman–Crippen LogP) is 2.76. The molecule has 1 aromatic heterocycles. The summed E-state index contributed by atoms with van der Waals surface area (Å²) < 4.78 is 2.03. The van der Waals surface area contributed by atoms with Crippen molar-refractivity contribution in [3.8, 4) is 0 Å². The summed E-state index contributed by atoms with van der Waals surface area (Å²) in [5.74, 6) is 0.537. The third-order valence-electron chi connectivity index (χ3n) is 2.85. The van der Waals surface area contributed by atoms with Gasteiger partial charge in [0.1, 0.15) is 0 Å². The number of hydroxylamine groups is 1. The van der Waals surface area contributed by atoms with E-state index in [0.29, 0.717) is 5.92 Å². The van der Waals surface area contributed by atoms with E-state index in [0.717, 1.165) is 18.8 Å². The van der Waals surface area contributed by atoms with Gasteiger partial charge >= 0.3 is 0 Å². The Morgan fingerprint density at radius 1 is 1.29 bits per heavy atom. The standard InChI is InChI=1S/C13H25N3O/c1-7-16-12(6)13(10(4)14-16)11(5)15-17-8-9(2)3/h9,11,15H,7-8H2,1-6H3. The van der Waals surface area contributed by atoms with Crippen LogP contribution in [0.25, 0.3) is 0 Å². The summed E-state index contributed by atoms with van der Waals surface area (Å²) in [5.41, 5.74) is 6.64. The maximum Gasteiger partial charge on any atom is 0.0705 e. The molecule has 1 atom stereocenters. The monoisotopic (exact) mass is 239 g/mol. The van der Waals surface area contributed by atoms with Gasteiger partial charge in [-0.3, -0.25) is 4.68 Å². The molecule has 17 heavy (non-hydrogen) atoms. The molecular weight excluding hydrogens is 214 g/mol. The number of aryl methyl sites for hydroxylation is 2. The first-order valence-corrected chi connectivity index (χ1v) is 6.38. The van der Waals surface area contributed by atoms with Crippen LogP contribution in [0.4, 0.5) is 0 Å². The highest BCUT2D eigenvalue weighted by atomic mass is 16.6. The molecule has 1 rings (SSSR count). The molecule has 1 heterocycles. The Morgan fingerprint density at radius 3 is 2.41 bits per heavy atom. The average molecular weight is 239 g/mol. The molecule has 1 unspecified atom stereocenters. The second-order valence-corrected chi connectivity index (χ2v) is 4.94. The molecule has 0 radical (unpaired) electrons. The van der Waals surface area contributed by atoms with E-state index in [2.05, 4.69) is 52.1 Å². The summed E-state index contributed by atoms with van der Waals surface area (Å²) in [5, 5.41) is 4.51. The zero-order chi connectivity index (χ0) is 13.0. The van der Waals surface area contributed by atoms with Crippen molar-refractivity contribution >= 4 is 0 Å². The highest BCUT2D eigenvalue weighted by Crippen LogP contribution is 2.21. The lowest BCUT2D eigenvalue weighted by molar-refractivity contribution is 0.00384. The minimum absolute atomic E-state index is 0.175. The van der Waals surface area contributed by atoms with Gasteiger partial charge in [-0.15, -0.1) is 0 Å². The first kappa shape index (κ1) is 14.2. The van der Waals surface area contributed by atoms with Gasteiger partial charge in [-0.2, -0.15) is 10.6 Å². The van der Waals surface area contributed by atoms with Crippen LogP contribution in [-0.4, -0.2) is 16.4 Å². The Labute approximate surface area is 104 Å². The number of hydrogen-bond donors (Lipinski definition) is 1. The number of hydrogen-bond acceptors (Lipinski definition) is 3. The molecule has 0 fully saturated rings. The number of aromatic nitrogens is 2. The van der Waals surface area contributed by atoms with Crippen LogP contribution < -0.4 is 5.48 Å². The molecule has 0 bridgehead atoms. The highest BCUT2D eigenvalue weighted by molar-refractivity contribution is 5.27. The molecule has 1 aromatic rings. The molecule has 1 N–H and O–H groups in total. The van der Waals surface area contributed by atoms with Crippen molar-refractivity contribution in [3.05, 3.63) is 17.0 Å². The lowest BCUT2D eigenvalue weighted by atomic mass is 10.1. The molecule has 0 aliphatic carbocycles. The molecule has 0 aliphatic heterocycles. The third-order valence-corrected chi connectivity index (χ3v) is 2.85. The van der Waals surface area contributed by atoms with E-state index < -0.39 is 0 Å². The van der Waals surface area contributed by atoms with Crippen LogP contribution in [0.15, 0.2) is 0 Å². The fourth-order valence-electron chi connectivity index (χ4n) is 2.04. The zero-order valence-corrected chi connectivity index (χ0v) is 11.9. The van der Waals surface area contributed by atoms with E-state index >= 15 is 0 Å². The summed E-state index contributed by atoms with van der Waals surface area (Å²) in [4.78, 5) is 5.48. The van der Waals surface area contributed by atoms with Crippen LogP contribution in [0.5, 0.6) is 0 Å². The summed E-state index contributed by atoms with van der Waals surface area (Å²) in [6, 6.07) is 0.175. The predicted molar refractivity (Wildman–Crippen MR) is 69.7 cm³/mol. The third kappa shape index (κ3) is 3.54. The fourth-order valence-corrected chi connectivity index (χ4v) is 2.04. The minimum Gasteiger partial charge on any atom is -0.301 e. The maximum atomic E-state index is 5.48. The van der Waals surface area contributed by atoms with Crippen molar-refractivity contribution < 1.29 is 4.84 Å². The molecule has 98 valence electrons. The first-order valence-electron chi connectivity index (χ1n) is 6.38. The maximum absolute atomic E-state index is 5.48. The van der Waals surface area contributed by atoms with Gasteiger partial charge in [0.25, 0.3) is 0 Å². The summed E-state index contributed by atoms with van der Waals surface area (Å²) in [6.07, 6.45) is 0. The molecule has 0 saturated carbocycles. The number of nitrogens with zero attached hydrogens (tertiary/aromatic N) is 2. The Bertz CT molecular complexity index is 358. The molecule has 4 heteroatoms. The van der Waals surface area contributed by atoms with Crippen molar-refractivity contribution in [2.75, 3.05) is 6.61 Å². The Hall–Kier alpha value is -0.870. The van der Waals surface area contributed by atoms with Gasteiger partial charge in [-0.05, 0) is 33.6 Å². The van der Waals surface area contributed by atoms with Crippen molar-refractivity contribution in [2.24, 2.45) is 5.92 Å². The van der Waals surface area contributed by atoms with Crippen molar-refractivity contribution in [2.45, 2.75) is 54.1 Å². The summed E-state index contributed by atoms with van der Waals surface area (Å²) in [7, 11) is 0. The van der Waals surface area contributed by atoms with E-state index in [4.69, 9.17) is 4.84 Å². The molecule has 0 aromatic carbocycles. The second-order valence-electron chi connectivity index (χ2n) is 4.94. The van der Waals surface area contributed by atoms with Gasteiger partial charge in [0.2, 0.25) is 0 Å². The van der Waals surface area contributed by atoms with E-state index in [-0.39, 0.29) is 6.04 Å². The van der Waals surface area contributed by atoms with Gasteiger partial charge < -0.3 is 4.84 Å². The van der Waals surface area contributed by atoms with Crippen LogP contribution >= 0.6 is 0 Å². The lowest BCUT2D eigenvalue weighted by Gasteiger charge is -2.15. The summed E-state index contributed by atoms with van der Waals surface area (Å²) in [6.45, 7) is 14.3. The van der Waals surface area contributed by atoms with Gasteiger partial charge in [-0.1, -0.05) is 13.8 Å². The Balaban J connectivity index is 2.68. The van der Waals surface area contributed by atoms with Crippen molar-refractivity contribution in [3.63, 3.8) is 0 Å². The molecule has 0 aliphatic rings. The van der Waals surface area contributed by atoms with Crippen LogP contribution in [0.3, 0.4) is 0 Å². The van der Waals surface area contributed by atoms with Gasteiger partial charge in [0.05, 0.1) is 18.3 Å². The van der Waals surface area contributed by atoms with Crippen LogP contribution in [0.2, 0.25) is 0 Å². The fraction of sp³-hybridized carbons (Fsp3) is 0.769. The Kier molecular flexibility index (Phi) is 5.15. The minimum atomic E-state index is 0.175. The molecular formula is C13H25N3O. The van der Waals surface area contributed by atoms with Crippen LogP contribution in [0.1, 0.15) is 50.7 Å². The van der Waals surface area contributed by atoms with Crippen molar-refractivity contribution in [1.82, 2.24) is 15.3 Å². The highest BCUT2D eigenvalue weighted by Gasteiger charge is 2.16.